The molecule has 0 unspecified atom stereocenters. The topological polar surface area (TPSA) is 47.9 Å². The van der Waals surface area contributed by atoms with E-state index in [1.54, 1.807) is 0 Å². The summed E-state index contributed by atoms with van der Waals surface area (Å²) in [6.45, 7) is 3.08. The first-order valence-corrected chi connectivity index (χ1v) is 3.69. The Labute approximate surface area is 69.5 Å². The van der Waals surface area contributed by atoms with Crippen LogP contribution in [0.2, 0.25) is 0 Å². The predicted molar refractivity (Wildman–Crippen MR) is 41.0 cm³/mol. The fraction of sp³-hybridized carbons (Fsp3) is 1.00. The average molecular weight is 184 g/mol. The highest BCUT2D eigenvalue weighted by atomic mass is 19.4. The molecule has 1 heterocycles. The quantitative estimate of drug-likeness (QED) is 0.584. The van der Waals surface area contributed by atoms with E-state index in [1.165, 1.54) is 0 Å². The first kappa shape index (κ1) is 11.7. The molecule has 3 nitrogen and oxygen atoms in total. The van der Waals surface area contributed by atoms with Crippen molar-refractivity contribution in [2.45, 2.75) is 6.18 Å². The predicted octanol–water partition coefficient (Wildman–Crippen LogP) is 0.780. The summed E-state index contributed by atoms with van der Waals surface area (Å²) in [7, 11) is 0. The van der Waals surface area contributed by atoms with Crippen LogP contribution in [0.4, 0.5) is 13.2 Å². The van der Waals surface area contributed by atoms with Crippen molar-refractivity contribution in [1.82, 2.24) is 10.6 Å². The first-order chi connectivity index (χ1) is 5.56. The van der Waals surface area contributed by atoms with Crippen molar-refractivity contribution in [2.75, 3.05) is 32.7 Å². The summed E-state index contributed by atoms with van der Waals surface area (Å²) in [5.41, 5.74) is 5.73. The zero-order valence-corrected chi connectivity index (χ0v) is 6.67. The van der Waals surface area contributed by atoms with E-state index in [1.807, 2.05) is 0 Å². The highest BCUT2D eigenvalue weighted by molar-refractivity contribution is 4.59. The van der Waals surface area contributed by atoms with Gasteiger partial charge in [0.1, 0.15) is 0 Å². The second kappa shape index (κ2) is 6.22. The smallest absolute Gasteiger partial charge is 0.370 e. The Bertz CT molecular complexity index is 89.2. The number of piperazine rings is 1. The third-order valence-corrected chi connectivity index (χ3v) is 1.16. The van der Waals surface area contributed by atoms with Crippen LogP contribution in [0.25, 0.3) is 5.73 Å². The third kappa shape index (κ3) is 9.67. The molecule has 0 aliphatic carbocycles. The molecule has 0 atom stereocenters. The van der Waals surface area contributed by atoms with E-state index in [0.29, 0.717) is 0 Å². The van der Waals surface area contributed by atoms with Gasteiger partial charge in [-0.2, -0.15) is 13.2 Å². The van der Waals surface area contributed by atoms with E-state index >= 15 is 0 Å². The number of rotatable bonds is 0. The molecule has 74 valence electrons. The molecule has 1 aliphatic rings. The molecule has 6 heteroatoms. The van der Waals surface area contributed by atoms with Gasteiger partial charge in [-0.15, -0.1) is 0 Å². The normalized spacial score (nSPS) is 18.0. The van der Waals surface area contributed by atoms with Crippen LogP contribution < -0.4 is 10.6 Å². The van der Waals surface area contributed by atoms with Crippen LogP contribution in [0, 0.1) is 0 Å². The fourth-order valence-corrected chi connectivity index (χ4v) is 0.604. The molecule has 12 heavy (non-hydrogen) atoms. The van der Waals surface area contributed by atoms with E-state index in [9.17, 15) is 13.2 Å². The van der Waals surface area contributed by atoms with Crippen LogP contribution in [0.1, 0.15) is 0 Å². The Hall–Kier alpha value is -0.330. The van der Waals surface area contributed by atoms with Crippen LogP contribution in [0.3, 0.4) is 0 Å². The van der Waals surface area contributed by atoms with E-state index in [-0.39, 0.29) is 0 Å². The van der Waals surface area contributed by atoms with Crippen molar-refractivity contribution in [1.29, 1.82) is 0 Å². The lowest BCUT2D eigenvalue weighted by Crippen LogP contribution is -2.39. The standard InChI is InChI=1S/C4H10N2.C2H3F3N/c1-2-6-4-3-5-1;3-2(4,5)1-6/h5-6H,1-4H2;6H,1H2/q;-1. The maximum Gasteiger partial charge on any atom is 0.370 e. The van der Waals surface area contributed by atoms with Gasteiger partial charge in [0.2, 0.25) is 0 Å². The molecule has 1 fully saturated rings. The van der Waals surface area contributed by atoms with Crippen molar-refractivity contribution in [3.8, 4) is 0 Å². The SMILES string of the molecule is C1CNCCN1.[NH-]CC(F)(F)F. The highest BCUT2D eigenvalue weighted by Crippen LogP contribution is 2.12. The first-order valence-electron chi connectivity index (χ1n) is 3.69. The molecule has 0 saturated carbocycles. The number of hydrogen-bond acceptors (Lipinski definition) is 2. The molecule has 0 bridgehead atoms. The highest BCUT2D eigenvalue weighted by Gasteiger charge is 2.18. The number of halogens is 3. The van der Waals surface area contributed by atoms with E-state index in [2.05, 4.69) is 10.6 Å². The Morgan fingerprint density at radius 3 is 1.33 bits per heavy atom. The molecule has 0 spiro atoms. The molecule has 0 aromatic carbocycles. The molecule has 1 aliphatic heterocycles. The van der Waals surface area contributed by atoms with Gasteiger partial charge in [-0.25, -0.2) is 0 Å². The summed E-state index contributed by atoms with van der Waals surface area (Å²) in [5.74, 6) is 0. The molecule has 1 saturated heterocycles. The molecule has 0 aromatic rings. The maximum atomic E-state index is 10.6. The minimum atomic E-state index is -4.29. The molecule has 1 rings (SSSR count). The molecular weight excluding hydrogens is 171 g/mol. The Balaban J connectivity index is 0.000000202. The summed E-state index contributed by atoms with van der Waals surface area (Å²) in [6.07, 6.45) is -4.29. The monoisotopic (exact) mass is 184 g/mol. The maximum absolute atomic E-state index is 10.6. The van der Waals surface area contributed by atoms with Gasteiger partial charge in [0, 0.05) is 26.2 Å². The lowest BCUT2D eigenvalue weighted by atomic mass is 10.4. The molecular formula is C6H13F3N3-. The van der Waals surface area contributed by atoms with Crippen LogP contribution >= 0.6 is 0 Å². The minimum absolute atomic E-state index is 1.14. The minimum Gasteiger partial charge on any atom is -0.670 e. The Morgan fingerprint density at radius 1 is 1.00 bits per heavy atom. The average Bonchev–Trinajstić information content (AvgIpc) is 2.07. The molecule has 3 N–H and O–H groups in total. The second-order valence-electron chi connectivity index (χ2n) is 2.29. The van der Waals surface area contributed by atoms with Crippen LogP contribution in [0.15, 0.2) is 0 Å². The molecule has 0 amide bonds. The third-order valence-electron chi connectivity index (χ3n) is 1.16. The largest absolute Gasteiger partial charge is 0.670 e. The number of hydrogen-bond donors (Lipinski definition) is 2. The van der Waals surface area contributed by atoms with Crippen molar-refractivity contribution in [2.24, 2.45) is 0 Å². The summed E-state index contributed by atoms with van der Waals surface area (Å²) >= 11 is 0. The van der Waals surface area contributed by atoms with Gasteiger partial charge in [0.25, 0.3) is 0 Å². The number of alkyl halides is 3. The van der Waals surface area contributed by atoms with Gasteiger partial charge < -0.3 is 16.4 Å². The summed E-state index contributed by atoms with van der Waals surface area (Å²) < 4.78 is 31.8. The van der Waals surface area contributed by atoms with Crippen LogP contribution in [0.5, 0.6) is 0 Å². The van der Waals surface area contributed by atoms with Gasteiger partial charge in [-0.1, -0.05) is 6.54 Å². The van der Waals surface area contributed by atoms with Gasteiger partial charge in [0.05, 0.1) is 0 Å². The van der Waals surface area contributed by atoms with Crippen molar-refractivity contribution in [3.05, 3.63) is 5.73 Å². The zero-order valence-electron chi connectivity index (χ0n) is 6.67. The lowest BCUT2D eigenvalue weighted by molar-refractivity contribution is -0.112. The zero-order chi connectivity index (χ0) is 9.45. The summed E-state index contributed by atoms with van der Waals surface area (Å²) in [5, 5.41) is 6.44. The second-order valence-corrected chi connectivity index (χ2v) is 2.29. The van der Waals surface area contributed by atoms with E-state index < -0.39 is 12.7 Å². The Morgan fingerprint density at radius 2 is 1.25 bits per heavy atom. The molecule has 0 aromatic heterocycles. The Kier molecular flexibility index (Phi) is 6.04. The summed E-state index contributed by atoms with van der Waals surface area (Å²) in [6, 6.07) is 0. The van der Waals surface area contributed by atoms with Gasteiger partial charge in [0.15, 0.2) is 0 Å². The van der Waals surface area contributed by atoms with Gasteiger partial charge in [-0.3, -0.25) is 0 Å². The number of nitrogens with one attached hydrogen (secondary N) is 3. The van der Waals surface area contributed by atoms with E-state index in [4.69, 9.17) is 5.73 Å². The van der Waals surface area contributed by atoms with E-state index in [0.717, 1.165) is 26.2 Å². The van der Waals surface area contributed by atoms with Gasteiger partial charge in [-0.05, 0) is 0 Å². The van der Waals surface area contributed by atoms with Crippen molar-refractivity contribution in [3.63, 3.8) is 0 Å². The summed E-state index contributed by atoms with van der Waals surface area (Å²) in [4.78, 5) is 0. The van der Waals surface area contributed by atoms with Crippen molar-refractivity contribution >= 4 is 0 Å². The van der Waals surface area contributed by atoms with Crippen LogP contribution in [-0.4, -0.2) is 38.9 Å². The van der Waals surface area contributed by atoms with Gasteiger partial charge >= 0.3 is 6.18 Å². The fourth-order valence-electron chi connectivity index (χ4n) is 0.604. The van der Waals surface area contributed by atoms with Crippen molar-refractivity contribution < 1.29 is 13.2 Å². The lowest BCUT2D eigenvalue weighted by Gasteiger charge is -2.11. The molecule has 0 radical (unpaired) electrons. The van der Waals surface area contributed by atoms with Crippen LogP contribution in [-0.2, 0) is 0 Å².